The van der Waals surface area contributed by atoms with Crippen molar-refractivity contribution in [1.29, 1.82) is 0 Å². The molecule has 2 unspecified atom stereocenters. The fourth-order valence-electron chi connectivity index (χ4n) is 2.03. The number of aliphatic hydroxyl groups excluding tert-OH is 2. The number of hydrogen-bond donors (Lipinski definition) is 2. The van der Waals surface area contributed by atoms with E-state index in [1.54, 1.807) is 25.3 Å². The van der Waals surface area contributed by atoms with Crippen molar-refractivity contribution in [2.24, 2.45) is 0 Å². The Balaban J connectivity index is 2.17. The predicted molar refractivity (Wildman–Crippen MR) is 88.5 cm³/mol. The minimum atomic E-state index is -0.982. The summed E-state index contributed by atoms with van der Waals surface area (Å²) in [6.07, 6.45) is -1.86. The van der Waals surface area contributed by atoms with E-state index in [0.717, 1.165) is 5.56 Å². The van der Waals surface area contributed by atoms with Gasteiger partial charge in [0.25, 0.3) is 0 Å². The van der Waals surface area contributed by atoms with Crippen LogP contribution in [0.1, 0.15) is 17.2 Å². The predicted octanol–water partition coefficient (Wildman–Crippen LogP) is 3.06. The summed E-state index contributed by atoms with van der Waals surface area (Å²) in [7, 11) is 1.56. The fraction of sp³-hybridized carbons (Fsp3) is 0.294. The van der Waals surface area contributed by atoms with Crippen LogP contribution in [0.3, 0.4) is 0 Å². The van der Waals surface area contributed by atoms with Crippen molar-refractivity contribution >= 4 is 15.9 Å². The molecular weight excluding hydrogens is 348 g/mol. The largest absolute Gasteiger partial charge is 0.493 e. The summed E-state index contributed by atoms with van der Waals surface area (Å²) in [6, 6.07) is 14.9. The zero-order chi connectivity index (χ0) is 15.9. The van der Waals surface area contributed by atoms with Crippen LogP contribution >= 0.6 is 15.9 Å². The van der Waals surface area contributed by atoms with Crippen molar-refractivity contribution in [2.45, 2.75) is 18.8 Å². The molecule has 2 aromatic rings. The van der Waals surface area contributed by atoms with Crippen molar-refractivity contribution in [2.75, 3.05) is 12.4 Å². The van der Waals surface area contributed by atoms with E-state index in [0.29, 0.717) is 29.0 Å². The molecule has 0 aromatic heterocycles. The number of hydrogen-bond acceptors (Lipinski definition) is 4. The van der Waals surface area contributed by atoms with E-state index in [4.69, 9.17) is 9.47 Å². The molecule has 0 saturated carbocycles. The molecule has 0 saturated heterocycles. The maximum atomic E-state index is 10.1. The van der Waals surface area contributed by atoms with Crippen molar-refractivity contribution in [3.05, 3.63) is 59.7 Å². The van der Waals surface area contributed by atoms with Gasteiger partial charge in [0.1, 0.15) is 12.7 Å². The zero-order valence-corrected chi connectivity index (χ0v) is 13.9. The van der Waals surface area contributed by atoms with Crippen LogP contribution in [0.25, 0.3) is 0 Å². The average molecular weight is 367 g/mol. The highest BCUT2D eigenvalue weighted by Crippen LogP contribution is 2.32. The normalized spacial score (nSPS) is 13.5. The maximum absolute atomic E-state index is 10.1. The van der Waals surface area contributed by atoms with Crippen LogP contribution in [0.15, 0.2) is 48.5 Å². The highest BCUT2D eigenvalue weighted by atomic mass is 79.9. The molecule has 0 heterocycles. The molecule has 0 aliphatic rings. The topological polar surface area (TPSA) is 58.9 Å². The molecule has 118 valence electrons. The molecule has 0 aliphatic carbocycles. The molecule has 4 nitrogen and oxygen atoms in total. The summed E-state index contributed by atoms with van der Waals surface area (Å²) in [5.41, 5.74) is 1.62. The smallest absolute Gasteiger partial charge is 0.162 e. The van der Waals surface area contributed by atoms with Gasteiger partial charge in [-0.15, -0.1) is 0 Å². The Hall–Kier alpha value is -1.56. The Labute approximate surface area is 138 Å². The quantitative estimate of drug-likeness (QED) is 0.739. The molecule has 0 radical (unpaired) electrons. The first-order valence-electron chi connectivity index (χ1n) is 6.92. The first-order chi connectivity index (χ1) is 10.7. The van der Waals surface area contributed by atoms with Gasteiger partial charge in [-0.1, -0.05) is 52.3 Å². The van der Waals surface area contributed by atoms with Gasteiger partial charge in [-0.2, -0.15) is 0 Å². The van der Waals surface area contributed by atoms with Gasteiger partial charge < -0.3 is 19.7 Å². The van der Waals surface area contributed by atoms with Gasteiger partial charge in [-0.25, -0.2) is 0 Å². The van der Waals surface area contributed by atoms with Gasteiger partial charge in [0.2, 0.25) is 0 Å². The molecule has 0 fully saturated rings. The standard InChI is InChI=1S/C17H19BrO4/c1-21-15-8-7-13(17(20)14(19)10-18)9-16(15)22-11-12-5-3-2-4-6-12/h2-9,14,17,19-20H,10-11H2,1H3. The van der Waals surface area contributed by atoms with E-state index in [2.05, 4.69) is 15.9 Å². The van der Waals surface area contributed by atoms with Gasteiger partial charge >= 0.3 is 0 Å². The molecule has 0 bridgehead atoms. The van der Waals surface area contributed by atoms with Crippen LogP contribution in [0, 0.1) is 0 Å². The fourth-order valence-corrected chi connectivity index (χ4v) is 2.39. The van der Waals surface area contributed by atoms with E-state index >= 15 is 0 Å². The SMILES string of the molecule is COc1ccc(C(O)C(O)CBr)cc1OCc1ccccc1. The lowest BCUT2D eigenvalue weighted by atomic mass is 10.0. The third-order valence-corrected chi connectivity index (χ3v) is 3.95. The molecule has 2 aromatic carbocycles. The number of aliphatic hydroxyl groups is 2. The lowest BCUT2D eigenvalue weighted by Crippen LogP contribution is -2.19. The van der Waals surface area contributed by atoms with Gasteiger partial charge in [0.15, 0.2) is 11.5 Å². The highest BCUT2D eigenvalue weighted by molar-refractivity contribution is 9.09. The van der Waals surface area contributed by atoms with Crippen LogP contribution in [-0.2, 0) is 6.61 Å². The number of rotatable bonds is 7. The van der Waals surface area contributed by atoms with Crippen molar-refractivity contribution in [3.63, 3.8) is 0 Å². The lowest BCUT2D eigenvalue weighted by Gasteiger charge is -2.18. The van der Waals surface area contributed by atoms with Crippen LogP contribution in [0.4, 0.5) is 0 Å². The van der Waals surface area contributed by atoms with E-state index in [-0.39, 0.29) is 0 Å². The minimum Gasteiger partial charge on any atom is -0.493 e. The molecule has 0 spiro atoms. The number of methoxy groups -OCH3 is 1. The van der Waals surface area contributed by atoms with E-state index in [1.807, 2.05) is 30.3 Å². The second-order valence-corrected chi connectivity index (χ2v) is 5.50. The Morgan fingerprint density at radius 2 is 1.77 bits per heavy atom. The van der Waals surface area contributed by atoms with Gasteiger partial charge in [-0.3, -0.25) is 0 Å². The molecule has 0 amide bonds. The summed E-state index contributed by atoms with van der Waals surface area (Å²) >= 11 is 3.15. The number of ether oxygens (including phenoxy) is 2. The van der Waals surface area contributed by atoms with Crippen LogP contribution in [0.2, 0.25) is 0 Å². The first kappa shape index (κ1) is 16.8. The van der Waals surface area contributed by atoms with Gasteiger partial charge in [0.05, 0.1) is 13.2 Å². The zero-order valence-electron chi connectivity index (χ0n) is 12.3. The van der Waals surface area contributed by atoms with Gasteiger partial charge in [-0.05, 0) is 23.3 Å². The molecule has 2 atom stereocenters. The third-order valence-electron chi connectivity index (χ3n) is 3.29. The minimum absolute atomic E-state index is 0.292. The molecule has 22 heavy (non-hydrogen) atoms. The highest BCUT2D eigenvalue weighted by Gasteiger charge is 2.19. The monoisotopic (exact) mass is 366 g/mol. The van der Waals surface area contributed by atoms with Crippen molar-refractivity contribution < 1.29 is 19.7 Å². The van der Waals surface area contributed by atoms with E-state index < -0.39 is 12.2 Å². The summed E-state index contributed by atoms with van der Waals surface area (Å²) < 4.78 is 11.1. The summed E-state index contributed by atoms with van der Waals surface area (Å²) in [5.74, 6) is 1.12. The average Bonchev–Trinajstić information content (AvgIpc) is 2.59. The first-order valence-corrected chi connectivity index (χ1v) is 8.04. The molecule has 2 N–H and O–H groups in total. The molecule has 5 heteroatoms. The summed E-state index contributed by atoms with van der Waals surface area (Å²) in [5, 5.41) is 20.1. The Bertz CT molecular complexity index is 588. The van der Waals surface area contributed by atoms with Crippen molar-refractivity contribution in [1.82, 2.24) is 0 Å². The summed E-state index contributed by atoms with van der Waals surface area (Å²) in [6.45, 7) is 0.401. The van der Waals surface area contributed by atoms with Gasteiger partial charge in [0, 0.05) is 5.33 Å². The molecule has 0 aliphatic heterocycles. The van der Waals surface area contributed by atoms with Crippen LogP contribution in [-0.4, -0.2) is 28.8 Å². The third kappa shape index (κ3) is 4.22. The maximum Gasteiger partial charge on any atom is 0.162 e. The lowest BCUT2D eigenvalue weighted by molar-refractivity contribution is 0.0340. The van der Waals surface area contributed by atoms with E-state index in [1.165, 1.54) is 0 Å². The molecule has 2 rings (SSSR count). The Morgan fingerprint density at radius 1 is 1.05 bits per heavy atom. The second kappa shape index (κ2) is 8.17. The summed E-state index contributed by atoms with van der Waals surface area (Å²) in [4.78, 5) is 0. The molecular formula is C17H19BrO4. The van der Waals surface area contributed by atoms with E-state index in [9.17, 15) is 10.2 Å². The van der Waals surface area contributed by atoms with Crippen LogP contribution in [0.5, 0.6) is 11.5 Å². The Morgan fingerprint density at radius 3 is 2.41 bits per heavy atom. The van der Waals surface area contributed by atoms with Crippen LogP contribution < -0.4 is 9.47 Å². The number of alkyl halides is 1. The second-order valence-electron chi connectivity index (χ2n) is 4.85. The number of halogens is 1. The Kier molecular flexibility index (Phi) is 6.24. The van der Waals surface area contributed by atoms with Crippen molar-refractivity contribution in [3.8, 4) is 11.5 Å². The number of benzene rings is 2.